The number of benzene rings is 3. The van der Waals surface area contributed by atoms with E-state index in [0.717, 1.165) is 40.5 Å². The number of Topliss-reactive ketones (excluding diaryl/α,β-unsaturated/α-hetero) is 1. The van der Waals surface area contributed by atoms with Crippen LogP contribution in [-0.2, 0) is 13.1 Å². The molecule has 0 atom stereocenters. The van der Waals surface area contributed by atoms with Crippen LogP contribution in [0.25, 0.3) is 6.08 Å². The van der Waals surface area contributed by atoms with E-state index in [1.54, 1.807) is 20.3 Å². The third kappa shape index (κ3) is 4.05. The van der Waals surface area contributed by atoms with Crippen LogP contribution in [0.4, 0.5) is 0 Å². The van der Waals surface area contributed by atoms with E-state index < -0.39 is 0 Å². The summed E-state index contributed by atoms with van der Waals surface area (Å²) < 4.78 is 22.6. The highest BCUT2D eigenvalue weighted by molar-refractivity contribution is 6.15. The lowest BCUT2D eigenvalue weighted by molar-refractivity contribution is 0.0876. The number of allylic oxidation sites excluding steroid dienone is 1. The molecule has 2 heterocycles. The van der Waals surface area contributed by atoms with Gasteiger partial charge in [0.1, 0.15) is 29.7 Å². The molecule has 6 heteroatoms. The van der Waals surface area contributed by atoms with Crippen molar-refractivity contribution in [1.82, 2.24) is 4.90 Å². The zero-order chi connectivity index (χ0) is 22.9. The lowest BCUT2D eigenvalue weighted by Gasteiger charge is -2.30. The molecule has 0 aliphatic carbocycles. The van der Waals surface area contributed by atoms with Crippen LogP contribution in [-0.4, -0.2) is 31.6 Å². The molecule has 0 spiro atoms. The quantitative estimate of drug-likeness (QED) is 0.519. The standard InChI is InChI=1S/C27H25NO5/c1-17-26-20(15-28(16-32-26)14-18-7-9-21(30-2)10-8-18)13-23-25(29)24(33-27(17)23)12-19-5-4-6-22(11-19)31-3/h4-13H,14-16H2,1-3H3/b24-12-. The maximum atomic E-state index is 13.1. The second-order valence-corrected chi connectivity index (χ2v) is 8.19. The average Bonchev–Trinajstić information content (AvgIpc) is 3.15. The number of hydrogen-bond acceptors (Lipinski definition) is 6. The maximum Gasteiger partial charge on any atom is 0.231 e. The molecular weight excluding hydrogens is 418 g/mol. The highest BCUT2D eigenvalue weighted by Crippen LogP contribution is 2.43. The Bertz CT molecular complexity index is 1250. The number of ether oxygens (including phenoxy) is 4. The topological polar surface area (TPSA) is 57.2 Å². The largest absolute Gasteiger partial charge is 0.497 e. The van der Waals surface area contributed by atoms with Crippen molar-refractivity contribution in [2.45, 2.75) is 20.0 Å². The van der Waals surface area contributed by atoms with Crippen LogP contribution in [0.15, 0.2) is 60.4 Å². The first-order valence-electron chi connectivity index (χ1n) is 10.8. The van der Waals surface area contributed by atoms with Gasteiger partial charge in [-0.3, -0.25) is 9.69 Å². The highest BCUT2D eigenvalue weighted by atomic mass is 16.5. The van der Waals surface area contributed by atoms with E-state index in [9.17, 15) is 4.79 Å². The summed E-state index contributed by atoms with van der Waals surface area (Å²) in [5.41, 5.74) is 4.44. The first kappa shape index (κ1) is 21.1. The SMILES string of the molecule is COc1ccc(CN2COc3c(cc4c(c3C)O/C(=C\c3cccc(OC)c3)C4=O)C2)cc1. The van der Waals surface area contributed by atoms with Crippen LogP contribution in [0.1, 0.15) is 32.6 Å². The summed E-state index contributed by atoms with van der Waals surface area (Å²) in [6.45, 7) is 3.85. The van der Waals surface area contributed by atoms with Gasteiger partial charge in [-0.25, -0.2) is 0 Å². The lowest BCUT2D eigenvalue weighted by atomic mass is 10.00. The first-order valence-corrected chi connectivity index (χ1v) is 10.8. The van der Waals surface area contributed by atoms with Crippen LogP contribution in [0, 0.1) is 6.92 Å². The summed E-state index contributed by atoms with van der Waals surface area (Å²) in [5.74, 6) is 3.13. The van der Waals surface area contributed by atoms with Gasteiger partial charge >= 0.3 is 0 Å². The minimum atomic E-state index is -0.119. The number of ketones is 1. The number of methoxy groups -OCH3 is 2. The molecule has 2 aliphatic rings. The van der Waals surface area contributed by atoms with Gasteiger partial charge in [-0.1, -0.05) is 24.3 Å². The minimum absolute atomic E-state index is 0.119. The molecule has 168 valence electrons. The van der Waals surface area contributed by atoms with Gasteiger partial charge in [0.15, 0.2) is 5.76 Å². The first-order chi connectivity index (χ1) is 16.1. The summed E-state index contributed by atoms with van der Waals surface area (Å²) in [6, 6.07) is 17.4. The second kappa shape index (κ2) is 8.64. The molecule has 0 N–H and O–H groups in total. The van der Waals surface area contributed by atoms with Gasteiger partial charge in [-0.15, -0.1) is 0 Å². The second-order valence-electron chi connectivity index (χ2n) is 8.19. The molecule has 0 aromatic heterocycles. The van der Waals surface area contributed by atoms with Crippen molar-refractivity contribution in [2.75, 3.05) is 21.0 Å². The van der Waals surface area contributed by atoms with E-state index in [0.29, 0.717) is 30.3 Å². The Morgan fingerprint density at radius 2 is 1.79 bits per heavy atom. The van der Waals surface area contributed by atoms with Crippen molar-refractivity contribution in [1.29, 1.82) is 0 Å². The monoisotopic (exact) mass is 443 g/mol. The molecule has 2 aliphatic heterocycles. The summed E-state index contributed by atoms with van der Waals surface area (Å²) >= 11 is 0. The van der Waals surface area contributed by atoms with Gasteiger partial charge in [0.25, 0.3) is 0 Å². The third-order valence-electron chi connectivity index (χ3n) is 5.96. The van der Waals surface area contributed by atoms with Crippen LogP contribution < -0.4 is 18.9 Å². The Morgan fingerprint density at radius 1 is 1.00 bits per heavy atom. The molecule has 0 amide bonds. The van der Waals surface area contributed by atoms with Crippen molar-refractivity contribution < 1.29 is 23.7 Å². The van der Waals surface area contributed by atoms with Gasteiger partial charge in [-0.2, -0.15) is 0 Å². The Kier molecular flexibility index (Phi) is 5.52. The van der Waals surface area contributed by atoms with Gasteiger partial charge in [0.2, 0.25) is 5.78 Å². The zero-order valence-corrected chi connectivity index (χ0v) is 18.9. The number of hydrogen-bond donors (Lipinski definition) is 0. The molecule has 5 rings (SSSR count). The molecule has 0 saturated heterocycles. The van der Waals surface area contributed by atoms with E-state index in [1.807, 2.05) is 49.4 Å². The lowest BCUT2D eigenvalue weighted by Crippen LogP contribution is -2.32. The molecule has 33 heavy (non-hydrogen) atoms. The molecule has 0 unspecified atom stereocenters. The summed E-state index contributed by atoms with van der Waals surface area (Å²) in [7, 11) is 3.28. The summed E-state index contributed by atoms with van der Waals surface area (Å²) in [5, 5.41) is 0. The zero-order valence-electron chi connectivity index (χ0n) is 18.9. The van der Waals surface area contributed by atoms with Gasteiger partial charge in [0, 0.05) is 24.2 Å². The number of carbonyl (C=O) groups is 1. The number of carbonyl (C=O) groups excluding carboxylic acids is 1. The van der Waals surface area contributed by atoms with Crippen LogP contribution in [0.3, 0.4) is 0 Å². The van der Waals surface area contributed by atoms with E-state index in [4.69, 9.17) is 18.9 Å². The van der Waals surface area contributed by atoms with Gasteiger partial charge in [0.05, 0.1) is 19.8 Å². The fourth-order valence-corrected chi connectivity index (χ4v) is 4.27. The molecular formula is C27H25NO5. The fraction of sp³-hybridized carbons (Fsp3) is 0.222. The molecule has 0 radical (unpaired) electrons. The van der Waals surface area contributed by atoms with Gasteiger partial charge in [-0.05, 0) is 54.5 Å². The molecule has 3 aromatic rings. The predicted molar refractivity (Wildman–Crippen MR) is 125 cm³/mol. The van der Waals surface area contributed by atoms with Crippen LogP contribution in [0.5, 0.6) is 23.0 Å². The molecule has 6 nitrogen and oxygen atoms in total. The highest BCUT2D eigenvalue weighted by Gasteiger charge is 2.33. The summed E-state index contributed by atoms with van der Waals surface area (Å²) in [4.78, 5) is 15.3. The van der Waals surface area contributed by atoms with Crippen molar-refractivity contribution in [3.8, 4) is 23.0 Å². The predicted octanol–water partition coefficient (Wildman–Crippen LogP) is 4.98. The third-order valence-corrected chi connectivity index (χ3v) is 5.96. The Labute approximate surface area is 193 Å². The molecule has 0 bridgehead atoms. The van der Waals surface area contributed by atoms with E-state index in [1.165, 1.54) is 5.56 Å². The number of rotatable bonds is 5. The maximum absolute atomic E-state index is 13.1. The fourth-order valence-electron chi connectivity index (χ4n) is 4.27. The van der Waals surface area contributed by atoms with Gasteiger partial charge < -0.3 is 18.9 Å². The number of nitrogens with zero attached hydrogens (tertiary/aromatic N) is 1. The van der Waals surface area contributed by atoms with Crippen molar-refractivity contribution in [3.63, 3.8) is 0 Å². The van der Waals surface area contributed by atoms with E-state index >= 15 is 0 Å². The molecule has 0 fully saturated rings. The Balaban J connectivity index is 1.39. The summed E-state index contributed by atoms with van der Waals surface area (Å²) in [6.07, 6.45) is 1.75. The molecule has 0 saturated carbocycles. The van der Waals surface area contributed by atoms with Crippen molar-refractivity contribution in [3.05, 3.63) is 88.2 Å². The smallest absolute Gasteiger partial charge is 0.231 e. The Hall–Kier alpha value is -3.77. The minimum Gasteiger partial charge on any atom is -0.497 e. The van der Waals surface area contributed by atoms with E-state index in [2.05, 4.69) is 17.0 Å². The average molecular weight is 443 g/mol. The normalized spacial score (nSPS) is 16.1. The van der Waals surface area contributed by atoms with Crippen molar-refractivity contribution in [2.24, 2.45) is 0 Å². The molecule has 3 aromatic carbocycles. The van der Waals surface area contributed by atoms with E-state index in [-0.39, 0.29) is 5.78 Å². The Morgan fingerprint density at radius 3 is 2.55 bits per heavy atom. The van der Waals surface area contributed by atoms with Crippen molar-refractivity contribution >= 4 is 11.9 Å². The van der Waals surface area contributed by atoms with Crippen LogP contribution in [0.2, 0.25) is 0 Å². The number of fused-ring (bicyclic) bond motifs is 2. The van der Waals surface area contributed by atoms with Crippen LogP contribution >= 0.6 is 0 Å².